The van der Waals surface area contributed by atoms with Gasteiger partial charge < -0.3 is 25.7 Å². The Hall–Kier alpha value is -4.52. The number of allylic oxidation sites excluding steroid dienone is 1. The lowest BCUT2D eigenvalue weighted by Gasteiger charge is -2.29. The van der Waals surface area contributed by atoms with Crippen LogP contribution in [0.15, 0.2) is 60.7 Å². The highest BCUT2D eigenvalue weighted by atomic mass is 19.4. The Morgan fingerprint density at radius 1 is 0.804 bits per heavy atom. The predicted octanol–water partition coefficient (Wildman–Crippen LogP) is 7.22. The predicted molar refractivity (Wildman–Crippen MR) is 184 cm³/mol. The summed E-state index contributed by atoms with van der Waals surface area (Å²) in [5.74, 6) is -8.14. The van der Waals surface area contributed by atoms with Crippen molar-refractivity contribution in [2.24, 2.45) is 5.92 Å². The molecule has 0 aliphatic rings. The van der Waals surface area contributed by atoms with Gasteiger partial charge >= 0.3 is 24.1 Å². The highest BCUT2D eigenvalue weighted by Gasteiger charge is 2.49. The van der Waals surface area contributed by atoms with E-state index in [1.165, 1.54) is 48.9 Å². The molecule has 2 rings (SSSR count). The lowest BCUT2D eigenvalue weighted by molar-refractivity contribution is -0.172. The molecular formula is C38H48F3NO9. The zero-order valence-corrected chi connectivity index (χ0v) is 28.8. The molecule has 0 spiro atoms. The maximum Gasteiger partial charge on any atom is 0.416 e. The Balaban J connectivity index is 2.07. The van der Waals surface area contributed by atoms with E-state index in [1.807, 2.05) is 0 Å². The van der Waals surface area contributed by atoms with Gasteiger partial charge in [-0.05, 0) is 54.5 Å². The third kappa shape index (κ3) is 14.7. The van der Waals surface area contributed by atoms with Crippen LogP contribution in [-0.4, -0.2) is 61.7 Å². The summed E-state index contributed by atoms with van der Waals surface area (Å²) in [6, 6.07) is 8.94. The van der Waals surface area contributed by atoms with Crippen LogP contribution in [-0.2, 0) is 36.6 Å². The van der Waals surface area contributed by atoms with Gasteiger partial charge in [0.2, 0.25) is 5.91 Å². The van der Waals surface area contributed by atoms with E-state index in [-0.39, 0.29) is 17.8 Å². The van der Waals surface area contributed by atoms with Gasteiger partial charge in [0.25, 0.3) is 0 Å². The summed E-state index contributed by atoms with van der Waals surface area (Å²) in [5.41, 5.74) is -2.86. The van der Waals surface area contributed by atoms with Gasteiger partial charge in [-0.25, -0.2) is 9.59 Å². The number of halogens is 3. The average Bonchev–Trinajstić information content (AvgIpc) is 3.06. The van der Waals surface area contributed by atoms with Crippen LogP contribution in [0.2, 0.25) is 0 Å². The van der Waals surface area contributed by atoms with Crippen LogP contribution in [0.4, 0.5) is 13.2 Å². The molecule has 0 bridgehead atoms. The van der Waals surface area contributed by atoms with E-state index in [1.54, 1.807) is 0 Å². The monoisotopic (exact) mass is 719 g/mol. The number of nitrogens with one attached hydrogen (secondary N) is 1. The summed E-state index contributed by atoms with van der Waals surface area (Å²) < 4.78 is 39.4. The largest absolute Gasteiger partial charge is 0.481 e. The Kier molecular flexibility index (Phi) is 17.5. The molecule has 0 saturated carbocycles. The van der Waals surface area contributed by atoms with Crippen LogP contribution in [0, 0.1) is 5.92 Å². The van der Waals surface area contributed by atoms with E-state index in [0.29, 0.717) is 36.8 Å². The minimum atomic E-state index is -4.54. The molecule has 1 amide bonds. The number of aliphatic carboxylic acids is 3. The molecule has 0 aliphatic carbocycles. The highest BCUT2D eigenvalue weighted by molar-refractivity contribution is 5.94. The number of carbonyl (C=O) groups is 5. The maximum absolute atomic E-state index is 13.4. The lowest BCUT2D eigenvalue weighted by Crippen LogP contribution is -2.55. The molecule has 0 radical (unpaired) electrons. The molecule has 13 heteroatoms. The van der Waals surface area contributed by atoms with Gasteiger partial charge in [-0.3, -0.25) is 14.4 Å². The fraction of sp³-hybridized carbons (Fsp3) is 0.500. The van der Waals surface area contributed by atoms with E-state index in [0.717, 1.165) is 63.2 Å². The molecule has 2 aromatic rings. The Morgan fingerprint density at radius 3 is 1.96 bits per heavy atom. The fourth-order valence-corrected chi connectivity index (χ4v) is 5.64. The average molecular weight is 720 g/mol. The molecule has 10 nitrogen and oxygen atoms in total. The molecular weight excluding hydrogens is 671 g/mol. The standard InChI is InChI=1S/C38H48F3NO9/c1-2-3-4-7-10-16-30(43)17-11-8-5-6-9-12-18-31(37(51,36(49)50)25-33(44)45)34(46)42-32(35(47)48)23-26-19-21-27(22-20-26)28-14-13-15-29(24-28)38(39,40)41/h12-15,18-22,24,31-32,51H,2-11,16-17,23,25H2,1H3,(H,42,46)(H,44,45)(H,47,48)(H,49,50)/b18-12+. The van der Waals surface area contributed by atoms with E-state index < -0.39 is 59.5 Å². The molecule has 3 unspecified atom stereocenters. The van der Waals surface area contributed by atoms with E-state index >= 15 is 0 Å². The first kappa shape index (κ1) is 42.6. The van der Waals surface area contributed by atoms with Gasteiger partial charge in [0.1, 0.15) is 11.8 Å². The van der Waals surface area contributed by atoms with Gasteiger partial charge in [-0.15, -0.1) is 0 Å². The second-order valence-corrected chi connectivity index (χ2v) is 12.7. The van der Waals surface area contributed by atoms with Crippen molar-refractivity contribution in [1.82, 2.24) is 5.32 Å². The number of rotatable bonds is 24. The molecule has 5 N–H and O–H groups in total. The zero-order valence-electron chi connectivity index (χ0n) is 28.8. The second kappa shape index (κ2) is 21.0. The summed E-state index contributed by atoms with van der Waals surface area (Å²) in [6.07, 6.45) is 5.96. The normalized spacial score (nSPS) is 14.1. The van der Waals surface area contributed by atoms with Crippen molar-refractivity contribution in [3.05, 3.63) is 71.8 Å². The minimum Gasteiger partial charge on any atom is -0.481 e. The van der Waals surface area contributed by atoms with Crippen LogP contribution in [0.1, 0.15) is 102 Å². The SMILES string of the molecule is CCCCCCCC(=O)CCCCCC/C=C/C(C(=O)NC(Cc1ccc(-c2cccc(C(F)(F)F)c2)cc1)C(=O)O)C(O)(CC(=O)O)C(=O)O. The number of aliphatic hydroxyl groups is 1. The number of carbonyl (C=O) groups excluding carboxylic acids is 2. The van der Waals surface area contributed by atoms with Crippen molar-refractivity contribution in [2.45, 2.75) is 115 Å². The quantitative estimate of drug-likeness (QED) is 0.0554. The first-order valence-corrected chi connectivity index (χ1v) is 17.2. The molecule has 280 valence electrons. The third-order valence-corrected chi connectivity index (χ3v) is 8.58. The lowest BCUT2D eigenvalue weighted by atomic mass is 9.82. The zero-order chi connectivity index (χ0) is 38.0. The molecule has 0 aromatic heterocycles. The summed E-state index contributed by atoms with van der Waals surface area (Å²) in [6.45, 7) is 2.13. The smallest absolute Gasteiger partial charge is 0.416 e. The van der Waals surface area contributed by atoms with Crippen LogP contribution in [0.3, 0.4) is 0 Å². The first-order valence-electron chi connectivity index (χ1n) is 17.2. The summed E-state index contributed by atoms with van der Waals surface area (Å²) in [5, 5.41) is 42.1. The Morgan fingerprint density at radius 2 is 1.41 bits per heavy atom. The van der Waals surface area contributed by atoms with Gasteiger partial charge in [-0.1, -0.05) is 94.0 Å². The summed E-state index contributed by atoms with van der Waals surface area (Å²) in [7, 11) is 0. The van der Waals surface area contributed by atoms with Gasteiger partial charge in [0.15, 0.2) is 5.60 Å². The van der Waals surface area contributed by atoms with Crippen LogP contribution in [0.25, 0.3) is 11.1 Å². The Bertz CT molecular complexity index is 1490. The molecule has 0 heterocycles. The van der Waals surface area contributed by atoms with Crippen molar-refractivity contribution in [3.63, 3.8) is 0 Å². The number of amides is 1. The minimum absolute atomic E-state index is 0.235. The van der Waals surface area contributed by atoms with Crippen molar-refractivity contribution in [1.29, 1.82) is 0 Å². The van der Waals surface area contributed by atoms with E-state index in [2.05, 4.69) is 12.2 Å². The molecule has 0 saturated heterocycles. The van der Waals surface area contributed by atoms with Crippen LogP contribution >= 0.6 is 0 Å². The van der Waals surface area contributed by atoms with Gasteiger partial charge in [0, 0.05) is 19.3 Å². The molecule has 51 heavy (non-hydrogen) atoms. The number of benzene rings is 2. The third-order valence-electron chi connectivity index (χ3n) is 8.58. The van der Waals surface area contributed by atoms with Crippen molar-refractivity contribution in [3.8, 4) is 11.1 Å². The number of alkyl halides is 3. The van der Waals surface area contributed by atoms with Gasteiger partial charge in [-0.2, -0.15) is 13.2 Å². The van der Waals surface area contributed by atoms with Crippen LogP contribution < -0.4 is 5.32 Å². The topological polar surface area (TPSA) is 178 Å². The number of unbranched alkanes of at least 4 members (excludes halogenated alkanes) is 8. The first-order chi connectivity index (χ1) is 24.1. The summed E-state index contributed by atoms with van der Waals surface area (Å²) in [4.78, 5) is 61.1. The van der Waals surface area contributed by atoms with Crippen molar-refractivity contribution < 1.29 is 57.6 Å². The molecule has 3 atom stereocenters. The Labute approximate surface area is 295 Å². The molecule has 2 aromatic carbocycles. The van der Waals surface area contributed by atoms with E-state index in [9.17, 15) is 57.6 Å². The number of Topliss-reactive ketones (excluding diaryl/α,β-unsaturated/α-hetero) is 1. The number of hydrogen-bond acceptors (Lipinski definition) is 6. The molecule has 0 aliphatic heterocycles. The van der Waals surface area contributed by atoms with Gasteiger partial charge in [0.05, 0.1) is 17.9 Å². The van der Waals surface area contributed by atoms with Crippen molar-refractivity contribution in [2.75, 3.05) is 0 Å². The number of ketones is 1. The van der Waals surface area contributed by atoms with E-state index in [4.69, 9.17) is 0 Å². The summed E-state index contributed by atoms with van der Waals surface area (Å²) >= 11 is 0. The van der Waals surface area contributed by atoms with Crippen LogP contribution in [0.5, 0.6) is 0 Å². The number of hydrogen-bond donors (Lipinski definition) is 5. The highest BCUT2D eigenvalue weighted by Crippen LogP contribution is 2.32. The molecule has 0 fully saturated rings. The fourth-order valence-electron chi connectivity index (χ4n) is 5.64. The second-order valence-electron chi connectivity index (χ2n) is 12.7. The maximum atomic E-state index is 13.4. The number of carboxylic acids is 3. The number of carboxylic acid groups (broad SMARTS) is 3. The van der Waals surface area contributed by atoms with Crippen molar-refractivity contribution >= 4 is 29.6 Å².